The van der Waals surface area contributed by atoms with Gasteiger partial charge in [0.2, 0.25) is 0 Å². The monoisotopic (exact) mass is 455 g/mol. The van der Waals surface area contributed by atoms with Gasteiger partial charge in [0.05, 0.1) is 30.8 Å². The van der Waals surface area contributed by atoms with Gasteiger partial charge >= 0.3 is 0 Å². The average Bonchev–Trinajstić information content (AvgIpc) is 3.15. The van der Waals surface area contributed by atoms with Crippen molar-refractivity contribution >= 4 is 23.4 Å². The zero-order valence-electron chi connectivity index (χ0n) is 17.8. The number of nitrogens with one attached hydrogen (secondary N) is 1. The number of aliphatic hydroxyl groups is 2. The third-order valence-corrected chi connectivity index (χ3v) is 6.95. The molecule has 0 aromatic rings. The highest BCUT2D eigenvalue weighted by Gasteiger charge is 2.49. The molecular formula is C21H31ClFN5O3. The van der Waals surface area contributed by atoms with Gasteiger partial charge in [0.15, 0.2) is 5.96 Å². The molecule has 4 unspecified atom stereocenters. The Morgan fingerprint density at radius 3 is 2.94 bits per heavy atom. The van der Waals surface area contributed by atoms with Crippen molar-refractivity contribution in [3.8, 4) is 0 Å². The topological polar surface area (TPSA) is 116 Å². The molecule has 172 valence electrons. The van der Waals surface area contributed by atoms with Gasteiger partial charge in [-0.2, -0.15) is 0 Å². The normalized spacial score (nSPS) is 35.4. The molecular weight excluding hydrogens is 425 g/mol. The van der Waals surface area contributed by atoms with Gasteiger partial charge in [-0.25, -0.2) is 14.4 Å². The Hall–Kier alpha value is -1.68. The van der Waals surface area contributed by atoms with Crippen LogP contribution in [0.2, 0.25) is 0 Å². The number of alkyl halides is 1. The Bertz CT molecular complexity index is 830. The van der Waals surface area contributed by atoms with Crippen LogP contribution < -0.4 is 11.1 Å². The molecule has 0 radical (unpaired) electrons. The first-order chi connectivity index (χ1) is 14.8. The Kier molecular flexibility index (Phi) is 6.57. The molecule has 7 atom stereocenters. The van der Waals surface area contributed by atoms with Crippen LogP contribution in [0.25, 0.3) is 0 Å². The van der Waals surface area contributed by atoms with Gasteiger partial charge in [-0.3, -0.25) is 0 Å². The number of nitrogens with two attached hydrogens (primary N) is 1. The van der Waals surface area contributed by atoms with E-state index < -0.39 is 24.1 Å². The van der Waals surface area contributed by atoms with Crippen molar-refractivity contribution < 1.29 is 19.3 Å². The lowest BCUT2D eigenvalue weighted by molar-refractivity contribution is -0.0177. The molecule has 2 fully saturated rings. The van der Waals surface area contributed by atoms with Crippen LogP contribution in [0.1, 0.15) is 33.1 Å². The number of allylic oxidation sites excluding steroid dienone is 2. The predicted molar refractivity (Wildman–Crippen MR) is 118 cm³/mol. The van der Waals surface area contributed by atoms with E-state index in [2.05, 4.69) is 27.1 Å². The summed E-state index contributed by atoms with van der Waals surface area (Å²) in [5.74, 6) is 0.471. The van der Waals surface area contributed by atoms with Crippen molar-refractivity contribution in [1.82, 2.24) is 10.2 Å². The van der Waals surface area contributed by atoms with Gasteiger partial charge < -0.3 is 30.9 Å². The molecule has 0 spiro atoms. The highest BCUT2D eigenvalue weighted by molar-refractivity contribution is 6.18. The number of guanidine groups is 1. The van der Waals surface area contributed by atoms with E-state index in [1.807, 2.05) is 0 Å². The summed E-state index contributed by atoms with van der Waals surface area (Å²) in [5.41, 5.74) is 7.34. The summed E-state index contributed by atoms with van der Waals surface area (Å²) in [7, 11) is 0. The van der Waals surface area contributed by atoms with E-state index in [1.165, 1.54) is 6.08 Å². The standard InChI is InChI=1S/C21H31ClFN5O3/c1-10-3-4-12-13(7-14(23)18-19(12)28(10)20(27-18)11(2)29)16(8-22)26-21(24)25-15-5-6-31-9-17(15)30/h7,10-12,15-17,19,29-30H,3-6,8-9H2,1-2H3,(H3,24,25,26)/t10-,11?,12?,15+,16?,17+,19?/m0/s1. The number of ether oxygens (including phenoxy) is 1. The second-order valence-corrected chi connectivity index (χ2v) is 9.08. The number of amidine groups is 1. The quantitative estimate of drug-likeness (QED) is 0.279. The second kappa shape index (κ2) is 9.05. The second-order valence-electron chi connectivity index (χ2n) is 8.77. The van der Waals surface area contributed by atoms with E-state index in [4.69, 9.17) is 22.1 Å². The Morgan fingerprint density at radius 1 is 1.48 bits per heavy atom. The summed E-state index contributed by atoms with van der Waals surface area (Å²) in [5, 5.41) is 23.4. The van der Waals surface area contributed by atoms with Crippen molar-refractivity contribution in [2.45, 2.75) is 69.5 Å². The summed E-state index contributed by atoms with van der Waals surface area (Å²) in [4.78, 5) is 10.9. The SMILES string of the molecule is CC(O)C1=NC2=C(F)C=C(C(CCl)NC(N)=N[C@@H]3CCOC[C@H]3O)C3CC[C@H](C)N1C23. The molecule has 5 N–H and O–H groups in total. The maximum absolute atomic E-state index is 15.1. The minimum Gasteiger partial charge on any atom is -0.388 e. The van der Waals surface area contributed by atoms with Gasteiger partial charge in [0, 0.05) is 24.4 Å². The maximum Gasteiger partial charge on any atom is 0.189 e. The van der Waals surface area contributed by atoms with Gasteiger partial charge in [-0.1, -0.05) is 0 Å². The molecule has 2 saturated heterocycles. The fourth-order valence-electron chi connectivity index (χ4n) is 5.13. The van der Waals surface area contributed by atoms with Crippen molar-refractivity contribution in [3.63, 3.8) is 0 Å². The fraction of sp³-hybridized carbons (Fsp3) is 0.714. The minimum absolute atomic E-state index is 0.00317. The number of aliphatic hydroxyl groups excluding tert-OH is 2. The van der Waals surface area contributed by atoms with Crippen molar-refractivity contribution in [1.29, 1.82) is 0 Å². The van der Waals surface area contributed by atoms with E-state index in [0.717, 1.165) is 18.4 Å². The summed E-state index contributed by atoms with van der Waals surface area (Å²) in [6.07, 6.45) is 2.37. The Balaban J connectivity index is 1.59. The van der Waals surface area contributed by atoms with Gasteiger partial charge in [-0.05, 0) is 44.8 Å². The molecule has 0 aromatic carbocycles. The lowest BCUT2D eigenvalue weighted by atomic mass is 9.75. The van der Waals surface area contributed by atoms with Crippen LogP contribution in [-0.2, 0) is 4.74 Å². The van der Waals surface area contributed by atoms with Crippen molar-refractivity contribution in [2.75, 3.05) is 19.1 Å². The summed E-state index contributed by atoms with van der Waals surface area (Å²) < 4.78 is 20.4. The van der Waals surface area contributed by atoms with E-state index in [-0.39, 0.29) is 42.5 Å². The Labute approximate surface area is 186 Å². The smallest absolute Gasteiger partial charge is 0.189 e. The minimum atomic E-state index is -0.772. The molecule has 3 heterocycles. The largest absolute Gasteiger partial charge is 0.388 e. The molecule has 0 amide bonds. The zero-order chi connectivity index (χ0) is 22.3. The first-order valence-electron chi connectivity index (χ1n) is 10.9. The van der Waals surface area contributed by atoms with E-state index in [1.54, 1.807) is 6.92 Å². The van der Waals surface area contributed by atoms with E-state index in [9.17, 15) is 10.2 Å². The maximum atomic E-state index is 15.1. The lowest BCUT2D eigenvalue weighted by Crippen LogP contribution is -2.55. The van der Waals surface area contributed by atoms with Crippen molar-refractivity contribution in [2.24, 2.45) is 21.6 Å². The van der Waals surface area contributed by atoms with E-state index >= 15 is 4.39 Å². The van der Waals surface area contributed by atoms with Crippen LogP contribution in [0.4, 0.5) is 4.39 Å². The summed E-state index contributed by atoms with van der Waals surface area (Å²) >= 11 is 6.29. The molecule has 4 aliphatic rings. The lowest BCUT2D eigenvalue weighted by Gasteiger charge is -2.46. The number of rotatable bonds is 5. The molecule has 3 aliphatic heterocycles. The van der Waals surface area contributed by atoms with Gasteiger partial charge in [-0.15, -0.1) is 11.6 Å². The number of nitrogens with zero attached hydrogens (tertiary/aromatic N) is 3. The molecule has 10 heteroatoms. The van der Waals surface area contributed by atoms with Gasteiger partial charge in [0.1, 0.15) is 23.5 Å². The molecule has 0 bridgehead atoms. The third kappa shape index (κ3) is 4.20. The molecule has 1 aliphatic carbocycles. The summed E-state index contributed by atoms with van der Waals surface area (Å²) in [6.45, 7) is 4.48. The van der Waals surface area contributed by atoms with Crippen LogP contribution in [0.15, 0.2) is 33.2 Å². The number of aliphatic imine (C=N–C) groups is 2. The first-order valence-corrected chi connectivity index (χ1v) is 11.4. The van der Waals surface area contributed by atoms with Crippen LogP contribution in [0.3, 0.4) is 0 Å². The highest BCUT2D eigenvalue weighted by atomic mass is 35.5. The van der Waals surface area contributed by atoms with E-state index in [0.29, 0.717) is 24.6 Å². The number of halogens is 2. The number of piperidine rings is 1. The number of hydrogen-bond acceptors (Lipinski definition) is 6. The third-order valence-electron chi connectivity index (χ3n) is 6.65. The molecule has 0 aromatic heterocycles. The van der Waals surface area contributed by atoms with Crippen LogP contribution in [0, 0.1) is 5.92 Å². The van der Waals surface area contributed by atoms with Crippen LogP contribution in [0.5, 0.6) is 0 Å². The van der Waals surface area contributed by atoms with Gasteiger partial charge in [0.25, 0.3) is 0 Å². The molecule has 8 nitrogen and oxygen atoms in total. The molecule has 4 rings (SSSR count). The van der Waals surface area contributed by atoms with Crippen LogP contribution in [-0.4, -0.2) is 82.4 Å². The Morgan fingerprint density at radius 2 is 2.26 bits per heavy atom. The fourth-order valence-corrected chi connectivity index (χ4v) is 5.39. The van der Waals surface area contributed by atoms with Crippen LogP contribution >= 0.6 is 11.6 Å². The summed E-state index contributed by atoms with van der Waals surface area (Å²) in [6, 6.07) is -0.853. The van der Waals surface area contributed by atoms with Crippen molar-refractivity contribution in [3.05, 3.63) is 23.2 Å². The first kappa shape index (κ1) is 22.5. The highest BCUT2D eigenvalue weighted by Crippen LogP contribution is 2.46. The predicted octanol–water partition coefficient (Wildman–Crippen LogP) is 1.03. The molecule has 31 heavy (non-hydrogen) atoms. The zero-order valence-corrected chi connectivity index (χ0v) is 18.6. The average molecular weight is 456 g/mol. The number of hydrogen-bond donors (Lipinski definition) is 4. The molecule has 0 saturated carbocycles.